The fraction of sp³-hybridized carbons (Fsp3) is 0.625. The number of hydrogen-bond acceptors (Lipinski definition) is 5. The van der Waals surface area contributed by atoms with Crippen LogP contribution in [0.1, 0.15) is 42.3 Å². The molecule has 0 bridgehead atoms. The molecule has 0 aromatic carbocycles. The molecule has 2 heterocycles. The number of hydrogen-bond donors (Lipinski definition) is 1. The van der Waals surface area contributed by atoms with Crippen LogP contribution in [0.25, 0.3) is 0 Å². The lowest BCUT2D eigenvalue weighted by Crippen LogP contribution is -2.41. The van der Waals surface area contributed by atoms with Gasteiger partial charge in [-0.15, -0.1) is 11.3 Å². The summed E-state index contributed by atoms with van der Waals surface area (Å²) in [5.41, 5.74) is 0. The normalized spacial score (nSPS) is 19.1. The molecule has 24 heavy (non-hydrogen) atoms. The Hall–Kier alpha value is -1.41. The molecule has 0 spiro atoms. The average molecular weight is 373 g/mol. The topological polar surface area (TPSA) is 83.6 Å². The van der Waals surface area contributed by atoms with Crippen molar-refractivity contribution in [3.8, 4) is 0 Å². The van der Waals surface area contributed by atoms with Crippen molar-refractivity contribution in [3.63, 3.8) is 0 Å². The molecule has 6 nitrogen and oxygen atoms in total. The Morgan fingerprint density at radius 2 is 2.21 bits per heavy atom. The van der Waals surface area contributed by atoms with Gasteiger partial charge < -0.3 is 10.2 Å². The van der Waals surface area contributed by atoms with Crippen molar-refractivity contribution in [1.82, 2.24) is 10.2 Å². The molecule has 1 aromatic rings. The first kappa shape index (κ1) is 18.9. The number of carbonyl (C=O) groups is 2. The van der Waals surface area contributed by atoms with E-state index in [9.17, 15) is 18.0 Å². The van der Waals surface area contributed by atoms with Gasteiger partial charge in [-0.05, 0) is 30.7 Å². The molecule has 8 heteroatoms. The maximum Gasteiger partial charge on any atom is 0.261 e. The number of nitrogens with one attached hydrogen (secondary N) is 1. The Morgan fingerprint density at radius 3 is 2.79 bits per heavy atom. The van der Waals surface area contributed by atoms with Gasteiger partial charge in [0.2, 0.25) is 5.91 Å². The van der Waals surface area contributed by atoms with Gasteiger partial charge >= 0.3 is 0 Å². The monoisotopic (exact) mass is 372 g/mol. The summed E-state index contributed by atoms with van der Waals surface area (Å²) in [6.45, 7) is 3.00. The Morgan fingerprint density at radius 1 is 1.42 bits per heavy atom. The molecule has 1 N–H and O–H groups in total. The van der Waals surface area contributed by atoms with Gasteiger partial charge in [-0.2, -0.15) is 0 Å². The van der Waals surface area contributed by atoms with Crippen LogP contribution >= 0.6 is 11.3 Å². The third-order valence-electron chi connectivity index (χ3n) is 4.03. The molecule has 1 aliphatic heterocycles. The van der Waals surface area contributed by atoms with E-state index in [0.717, 1.165) is 6.42 Å². The fourth-order valence-corrected chi connectivity index (χ4v) is 5.22. The van der Waals surface area contributed by atoms with E-state index in [1.165, 1.54) is 11.3 Å². The lowest BCUT2D eigenvalue weighted by atomic mass is 10.1. The number of thiophene rings is 1. The Labute approximate surface area is 147 Å². The molecular weight excluding hydrogens is 348 g/mol. The molecule has 1 fully saturated rings. The molecule has 1 unspecified atom stereocenters. The molecule has 134 valence electrons. The summed E-state index contributed by atoms with van der Waals surface area (Å²) in [7, 11) is -3.00. The number of carbonyl (C=O) groups excluding carboxylic acids is 2. The smallest absolute Gasteiger partial charge is 0.261 e. The second-order valence-corrected chi connectivity index (χ2v) is 9.16. The minimum absolute atomic E-state index is 0.0238. The van der Waals surface area contributed by atoms with Crippen molar-refractivity contribution in [2.24, 2.45) is 0 Å². The number of sulfone groups is 1. The molecule has 1 aliphatic rings. The predicted octanol–water partition coefficient (Wildman–Crippen LogP) is 1.68. The first-order valence-electron chi connectivity index (χ1n) is 8.24. The number of nitrogens with zero attached hydrogens (tertiary/aromatic N) is 1. The van der Waals surface area contributed by atoms with Crippen molar-refractivity contribution in [1.29, 1.82) is 0 Å². The van der Waals surface area contributed by atoms with Gasteiger partial charge in [0, 0.05) is 25.6 Å². The highest BCUT2D eigenvalue weighted by Crippen LogP contribution is 2.19. The van der Waals surface area contributed by atoms with Crippen molar-refractivity contribution in [2.75, 3.05) is 24.6 Å². The molecule has 1 atom stereocenters. The molecule has 0 aliphatic carbocycles. The van der Waals surface area contributed by atoms with E-state index in [0.29, 0.717) is 37.2 Å². The van der Waals surface area contributed by atoms with Crippen LogP contribution in [0.4, 0.5) is 0 Å². The average Bonchev–Trinajstić information content (AvgIpc) is 3.18. The number of rotatable bonds is 8. The van der Waals surface area contributed by atoms with Gasteiger partial charge in [-0.1, -0.05) is 13.0 Å². The van der Waals surface area contributed by atoms with Crippen molar-refractivity contribution >= 4 is 33.0 Å². The molecular formula is C16H24N2O4S2. The van der Waals surface area contributed by atoms with Gasteiger partial charge in [0.25, 0.3) is 5.91 Å². The lowest BCUT2D eigenvalue weighted by molar-refractivity contribution is -0.133. The third-order valence-corrected chi connectivity index (χ3v) is 6.65. The van der Waals surface area contributed by atoms with Gasteiger partial charge in [0.1, 0.15) is 0 Å². The number of amides is 2. The maximum atomic E-state index is 12.4. The highest BCUT2D eigenvalue weighted by Gasteiger charge is 2.33. The zero-order valence-corrected chi connectivity index (χ0v) is 15.5. The van der Waals surface area contributed by atoms with E-state index in [1.807, 2.05) is 18.4 Å². The quantitative estimate of drug-likeness (QED) is 0.704. The van der Waals surface area contributed by atoms with E-state index < -0.39 is 9.84 Å². The highest BCUT2D eigenvalue weighted by molar-refractivity contribution is 7.91. The fourth-order valence-electron chi connectivity index (χ4n) is 2.85. The Balaban J connectivity index is 1.77. The summed E-state index contributed by atoms with van der Waals surface area (Å²) >= 11 is 1.38. The van der Waals surface area contributed by atoms with Crippen LogP contribution in [0, 0.1) is 0 Å². The van der Waals surface area contributed by atoms with Crippen molar-refractivity contribution < 1.29 is 18.0 Å². The van der Waals surface area contributed by atoms with Crippen LogP contribution < -0.4 is 5.32 Å². The third kappa shape index (κ3) is 5.31. The van der Waals surface area contributed by atoms with Gasteiger partial charge in [0.05, 0.1) is 16.4 Å². The minimum Gasteiger partial charge on any atom is -0.351 e. The Bertz CT molecular complexity index is 656. The van der Waals surface area contributed by atoms with Crippen LogP contribution in [-0.2, 0) is 14.6 Å². The van der Waals surface area contributed by atoms with Crippen molar-refractivity contribution in [2.45, 2.75) is 38.6 Å². The van der Waals surface area contributed by atoms with Crippen LogP contribution in [-0.4, -0.2) is 55.8 Å². The van der Waals surface area contributed by atoms with E-state index in [1.54, 1.807) is 11.0 Å². The second kappa shape index (κ2) is 8.62. The SMILES string of the molecule is CCCN(C(=O)CCCNC(=O)c1cccs1)C1CCS(=O)(=O)C1. The van der Waals surface area contributed by atoms with E-state index in [-0.39, 0.29) is 29.4 Å². The Kier molecular flexibility index (Phi) is 6.79. The van der Waals surface area contributed by atoms with Crippen LogP contribution in [0.3, 0.4) is 0 Å². The molecule has 2 amide bonds. The van der Waals surface area contributed by atoms with Gasteiger partial charge in [-0.3, -0.25) is 9.59 Å². The summed E-state index contributed by atoms with van der Waals surface area (Å²) < 4.78 is 23.3. The lowest BCUT2D eigenvalue weighted by Gasteiger charge is -2.28. The maximum absolute atomic E-state index is 12.4. The highest BCUT2D eigenvalue weighted by atomic mass is 32.2. The van der Waals surface area contributed by atoms with Crippen LogP contribution in [0.5, 0.6) is 0 Å². The summed E-state index contributed by atoms with van der Waals surface area (Å²) in [5, 5.41) is 4.64. The molecule has 0 saturated carbocycles. The first-order valence-corrected chi connectivity index (χ1v) is 10.9. The van der Waals surface area contributed by atoms with Crippen molar-refractivity contribution in [3.05, 3.63) is 22.4 Å². The van der Waals surface area contributed by atoms with E-state index in [4.69, 9.17) is 0 Å². The molecule has 1 saturated heterocycles. The zero-order chi connectivity index (χ0) is 17.6. The largest absolute Gasteiger partial charge is 0.351 e. The van der Waals surface area contributed by atoms with Crippen LogP contribution in [0.15, 0.2) is 17.5 Å². The standard InChI is InChI=1S/C16H24N2O4S2/c1-2-9-18(13-7-11-24(21,22)12-13)15(19)6-3-8-17-16(20)14-5-4-10-23-14/h4-5,10,13H,2-3,6-9,11-12H2,1H3,(H,17,20). The summed E-state index contributed by atoms with van der Waals surface area (Å²) in [6.07, 6.45) is 2.21. The van der Waals surface area contributed by atoms with Crippen LogP contribution in [0.2, 0.25) is 0 Å². The zero-order valence-electron chi connectivity index (χ0n) is 13.9. The van der Waals surface area contributed by atoms with E-state index >= 15 is 0 Å². The summed E-state index contributed by atoms with van der Waals surface area (Å²) in [6, 6.07) is 3.39. The summed E-state index contributed by atoms with van der Waals surface area (Å²) in [5.74, 6) is 0.102. The predicted molar refractivity (Wildman–Crippen MR) is 94.9 cm³/mol. The molecule has 2 rings (SSSR count). The first-order chi connectivity index (χ1) is 11.4. The molecule has 1 aromatic heterocycles. The van der Waals surface area contributed by atoms with Gasteiger partial charge in [-0.25, -0.2) is 8.42 Å². The van der Waals surface area contributed by atoms with E-state index in [2.05, 4.69) is 5.32 Å². The second-order valence-electron chi connectivity index (χ2n) is 5.98. The molecule has 0 radical (unpaired) electrons. The van der Waals surface area contributed by atoms with Gasteiger partial charge in [0.15, 0.2) is 9.84 Å². The minimum atomic E-state index is -3.00. The summed E-state index contributed by atoms with van der Waals surface area (Å²) in [4.78, 5) is 26.6.